The van der Waals surface area contributed by atoms with Crippen molar-refractivity contribution in [2.75, 3.05) is 33.2 Å². The Labute approximate surface area is 172 Å². The number of benzene rings is 1. The molecule has 0 unspecified atom stereocenters. The first-order chi connectivity index (χ1) is 13.9. The fourth-order valence-electron chi connectivity index (χ4n) is 3.48. The molecule has 0 saturated carbocycles. The molecule has 0 radical (unpaired) electrons. The third kappa shape index (κ3) is 5.90. The monoisotopic (exact) mass is 398 g/mol. The summed E-state index contributed by atoms with van der Waals surface area (Å²) in [5.74, 6) is 0.713. The Hall–Kier alpha value is -2.67. The number of aromatic nitrogens is 1. The normalized spacial score (nSPS) is 16.1. The smallest absolute Gasteiger partial charge is 0.245 e. The summed E-state index contributed by atoms with van der Waals surface area (Å²) in [7, 11) is 2.05. The number of piperazine rings is 1. The molecule has 1 aliphatic rings. The van der Waals surface area contributed by atoms with Crippen molar-refractivity contribution >= 4 is 11.8 Å². The fourth-order valence-corrected chi connectivity index (χ4v) is 3.48. The van der Waals surface area contributed by atoms with Crippen LogP contribution in [0.1, 0.15) is 26.0 Å². The lowest BCUT2D eigenvalue weighted by atomic mass is 10.0. The first-order valence-corrected chi connectivity index (χ1v) is 10.2. The number of amides is 2. The summed E-state index contributed by atoms with van der Waals surface area (Å²) in [4.78, 5) is 29.7. The van der Waals surface area contributed by atoms with Gasteiger partial charge in [-0.15, -0.1) is 0 Å². The Bertz CT molecular complexity index is 810. The second kappa shape index (κ2) is 9.69. The summed E-state index contributed by atoms with van der Waals surface area (Å²) in [6, 6.07) is 10.9. The predicted octanol–water partition coefficient (Wildman–Crippen LogP) is 2.19. The van der Waals surface area contributed by atoms with E-state index in [1.165, 1.54) is 0 Å². The largest absolute Gasteiger partial charge is 0.356 e. The zero-order valence-corrected chi connectivity index (χ0v) is 17.4. The number of carbonyl (C=O) groups excluding carboxylic acids is 2. The van der Waals surface area contributed by atoms with Crippen LogP contribution in [0.5, 0.6) is 0 Å². The summed E-state index contributed by atoms with van der Waals surface area (Å²) in [6.07, 6.45) is 0.700. The molecule has 2 heterocycles. The van der Waals surface area contributed by atoms with Crippen molar-refractivity contribution in [2.24, 2.45) is 5.92 Å². The van der Waals surface area contributed by atoms with Crippen LogP contribution in [0.25, 0.3) is 11.3 Å². The third-order valence-electron chi connectivity index (χ3n) is 5.11. The number of rotatable bonds is 7. The lowest BCUT2D eigenvalue weighted by Gasteiger charge is -2.35. The van der Waals surface area contributed by atoms with Crippen LogP contribution in [0, 0.1) is 5.92 Å². The summed E-state index contributed by atoms with van der Waals surface area (Å²) in [5, 5.41) is 6.94. The van der Waals surface area contributed by atoms with Gasteiger partial charge in [0.1, 0.15) is 6.04 Å². The molecule has 7 heteroatoms. The van der Waals surface area contributed by atoms with Crippen molar-refractivity contribution in [3.05, 3.63) is 42.1 Å². The van der Waals surface area contributed by atoms with Gasteiger partial charge in [0.2, 0.25) is 11.8 Å². The zero-order valence-electron chi connectivity index (χ0n) is 17.4. The number of likely N-dealkylation sites (N-methyl/N-ethyl adjacent to an activating group) is 1. The summed E-state index contributed by atoms with van der Waals surface area (Å²) in [5.41, 5.74) is 1.46. The first-order valence-electron chi connectivity index (χ1n) is 10.2. The molecule has 0 spiro atoms. The summed E-state index contributed by atoms with van der Waals surface area (Å²) < 4.78 is 5.36. The highest BCUT2D eigenvalue weighted by Crippen LogP contribution is 2.20. The molecule has 0 bridgehead atoms. The zero-order chi connectivity index (χ0) is 20.8. The van der Waals surface area contributed by atoms with Crippen LogP contribution in [-0.2, 0) is 16.0 Å². The van der Waals surface area contributed by atoms with Gasteiger partial charge in [0.15, 0.2) is 5.76 Å². The highest BCUT2D eigenvalue weighted by molar-refractivity contribution is 5.88. The van der Waals surface area contributed by atoms with Gasteiger partial charge in [-0.3, -0.25) is 9.59 Å². The maximum absolute atomic E-state index is 13.0. The minimum absolute atomic E-state index is 0.00489. The van der Waals surface area contributed by atoms with Crippen LogP contribution in [-0.4, -0.2) is 66.0 Å². The van der Waals surface area contributed by atoms with Crippen molar-refractivity contribution in [1.29, 1.82) is 0 Å². The van der Waals surface area contributed by atoms with Gasteiger partial charge in [0.25, 0.3) is 0 Å². The van der Waals surface area contributed by atoms with Crippen LogP contribution in [0.4, 0.5) is 0 Å². The van der Waals surface area contributed by atoms with E-state index in [2.05, 4.69) is 36.3 Å². The second-order valence-corrected chi connectivity index (χ2v) is 8.10. The molecule has 1 saturated heterocycles. The molecule has 1 N–H and O–H groups in total. The molecule has 7 nitrogen and oxygen atoms in total. The van der Waals surface area contributed by atoms with Crippen LogP contribution < -0.4 is 5.32 Å². The molecule has 2 amide bonds. The molecule has 29 heavy (non-hydrogen) atoms. The minimum Gasteiger partial charge on any atom is -0.356 e. The highest BCUT2D eigenvalue weighted by atomic mass is 16.5. The van der Waals surface area contributed by atoms with Crippen molar-refractivity contribution in [3.63, 3.8) is 0 Å². The molecule has 1 aliphatic heterocycles. The predicted molar refractivity (Wildman–Crippen MR) is 111 cm³/mol. The topological polar surface area (TPSA) is 78.7 Å². The lowest BCUT2D eigenvalue weighted by Crippen LogP contribution is -2.54. The molecular weight excluding hydrogens is 368 g/mol. The van der Waals surface area contributed by atoms with Crippen molar-refractivity contribution in [2.45, 2.75) is 32.7 Å². The number of hydrogen-bond acceptors (Lipinski definition) is 5. The van der Waals surface area contributed by atoms with Gasteiger partial charge in [-0.25, -0.2) is 0 Å². The quantitative estimate of drug-likeness (QED) is 0.774. The van der Waals surface area contributed by atoms with E-state index in [0.717, 1.165) is 18.7 Å². The van der Waals surface area contributed by atoms with Gasteiger partial charge >= 0.3 is 0 Å². The summed E-state index contributed by atoms with van der Waals surface area (Å²) >= 11 is 0. The Kier molecular flexibility index (Phi) is 7.04. The number of carbonyl (C=O) groups is 2. The molecule has 3 rings (SSSR count). The second-order valence-electron chi connectivity index (χ2n) is 8.10. The van der Waals surface area contributed by atoms with Crippen LogP contribution in [0.3, 0.4) is 0 Å². The van der Waals surface area contributed by atoms with Crippen LogP contribution in [0.15, 0.2) is 40.9 Å². The van der Waals surface area contributed by atoms with Crippen molar-refractivity contribution < 1.29 is 14.1 Å². The van der Waals surface area contributed by atoms with E-state index in [9.17, 15) is 9.59 Å². The number of hydrogen-bond donors (Lipinski definition) is 1. The Morgan fingerprint density at radius 3 is 2.48 bits per heavy atom. The van der Waals surface area contributed by atoms with Gasteiger partial charge in [-0.2, -0.15) is 0 Å². The van der Waals surface area contributed by atoms with E-state index in [1.807, 2.05) is 35.2 Å². The van der Waals surface area contributed by atoms with Gasteiger partial charge in [-0.05, 0) is 19.4 Å². The Balaban J connectivity index is 1.61. The van der Waals surface area contributed by atoms with Crippen LogP contribution in [0.2, 0.25) is 0 Å². The van der Waals surface area contributed by atoms with E-state index in [-0.39, 0.29) is 18.2 Å². The molecule has 0 aliphatic carbocycles. The molecule has 1 aromatic carbocycles. The Morgan fingerprint density at radius 1 is 1.14 bits per heavy atom. The van der Waals surface area contributed by atoms with E-state index in [0.29, 0.717) is 36.9 Å². The van der Waals surface area contributed by atoms with Crippen LogP contribution >= 0.6 is 0 Å². The van der Waals surface area contributed by atoms with Crippen molar-refractivity contribution in [3.8, 4) is 11.3 Å². The van der Waals surface area contributed by atoms with Gasteiger partial charge in [0, 0.05) is 37.8 Å². The van der Waals surface area contributed by atoms with E-state index in [4.69, 9.17) is 4.52 Å². The van der Waals surface area contributed by atoms with Gasteiger partial charge in [0.05, 0.1) is 12.1 Å². The fraction of sp³-hybridized carbons (Fsp3) is 0.500. The molecule has 2 aromatic rings. The van der Waals surface area contributed by atoms with Gasteiger partial charge in [-0.1, -0.05) is 49.3 Å². The van der Waals surface area contributed by atoms with E-state index < -0.39 is 6.04 Å². The summed E-state index contributed by atoms with van der Waals surface area (Å²) in [6.45, 7) is 7.22. The SMILES string of the molecule is CC(C)C[C@@H](NC(=O)Cc1cc(-c2ccccc2)on1)C(=O)N1CCN(C)CC1. The number of nitrogens with one attached hydrogen (secondary N) is 1. The van der Waals surface area contributed by atoms with E-state index >= 15 is 0 Å². The lowest BCUT2D eigenvalue weighted by molar-refractivity contribution is -0.138. The molecule has 156 valence electrons. The highest BCUT2D eigenvalue weighted by Gasteiger charge is 2.28. The van der Waals surface area contributed by atoms with Crippen molar-refractivity contribution in [1.82, 2.24) is 20.3 Å². The molecule has 1 fully saturated rings. The molecule has 1 aromatic heterocycles. The average molecular weight is 399 g/mol. The minimum atomic E-state index is -0.508. The molecular formula is C22H30N4O3. The maximum atomic E-state index is 13.0. The Morgan fingerprint density at radius 2 is 1.83 bits per heavy atom. The standard InChI is InChI=1S/C22H30N4O3/c1-16(2)13-19(22(28)26-11-9-25(3)10-12-26)23-21(27)15-18-14-20(29-24-18)17-7-5-4-6-8-17/h4-8,14,16,19H,9-13,15H2,1-3H3,(H,23,27)/t19-/m1/s1. The third-order valence-corrected chi connectivity index (χ3v) is 5.11. The molecule has 1 atom stereocenters. The number of nitrogens with zero attached hydrogens (tertiary/aromatic N) is 3. The average Bonchev–Trinajstić information content (AvgIpc) is 3.16. The maximum Gasteiger partial charge on any atom is 0.245 e. The first kappa shape index (κ1) is 21.0. The van der Waals surface area contributed by atoms with E-state index in [1.54, 1.807) is 6.07 Å². The van der Waals surface area contributed by atoms with Gasteiger partial charge < -0.3 is 19.6 Å².